The van der Waals surface area contributed by atoms with Crippen LogP contribution in [-0.2, 0) is 6.42 Å². The molecule has 0 spiro atoms. The van der Waals surface area contributed by atoms with Crippen LogP contribution in [0, 0.1) is 0 Å². The van der Waals surface area contributed by atoms with E-state index in [2.05, 4.69) is 50.0 Å². The van der Waals surface area contributed by atoms with Gasteiger partial charge in [-0.15, -0.1) is 18.3 Å². The standard InChI is InChI=1S/C16H23NS/c1-4-9-17-14(10-12(2)3)16-11-13-7-5-6-8-15(13)18-16/h5-8,14,16-17H,2,4,9-11H2,1,3H3. The Morgan fingerprint density at radius 1 is 1.50 bits per heavy atom. The van der Waals surface area contributed by atoms with Gasteiger partial charge in [0.1, 0.15) is 0 Å². The summed E-state index contributed by atoms with van der Waals surface area (Å²) in [7, 11) is 0. The second-order valence-electron chi connectivity index (χ2n) is 5.19. The average Bonchev–Trinajstić information content (AvgIpc) is 2.77. The number of hydrogen-bond donors (Lipinski definition) is 1. The molecule has 0 bridgehead atoms. The van der Waals surface area contributed by atoms with Crippen LogP contribution in [0.3, 0.4) is 0 Å². The van der Waals surface area contributed by atoms with Gasteiger partial charge in [-0.2, -0.15) is 0 Å². The molecule has 1 heterocycles. The third-order valence-corrected chi connectivity index (χ3v) is 4.80. The minimum atomic E-state index is 0.555. The molecule has 1 aliphatic rings. The van der Waals surface area contributed by atoms with Gasteiger partial charge in [0.2, 0.25) is 0 Å². The van der Waals surface area contributed by atoms with E-state index >= 15 is 0 Å². The zero-order valence-corrected chi connectivity index (χ0v) is 12.2. The van der Waals surface area contributed by atoms with Gasteiger partial charge in [-0.25, -0.2) is 0 Å². The molecule has 1 N–H and O–H groups in total. The van der Waals surface area contributed by atoms with E-state index in [1.807, 2.05) is 11.8 Å². The first kappa shape index (κ1) is 13.7. The summed E-state index contributed by atoms with van der Waals surface area (Å²) >= 11 is 2.03. The molecule has 0 aromatic heterocycles. The van der Waals surface area contributed by atoms with Crippen molar-refractivity contribution in [2.75, 3.05) is 6.54 Å². The van der Waals surface area contributed by atoms with Crippen molar-refractivity contribution in [3.8, 4) is 0 Å². The van der Waals surface area contributed by atoms with Crippen LogP contribution < -0.4 is 5.32 Å². The largest absolute Gasteiger partial charge is 0.313 e. The van der Waals surface area contributed by atoms with Crippen molar-refractivity contribution in [3.63, 3.8) is 0 Å². The molecule has 0 saturated heterocycles. The van der Waals surface area contributed by atoms with Gasteiger partial charge in [0.05, 0.1) is 0 Å². The van der Waals surface area contributed by atoms with Crippen molar-refractivity contribution in [2.45, 2.75) is 49.3 Å². The molecule has 18 heavy (non-hydrogen) atoms. The van der Waals surface area contributed by atoms with E-state index in [9.17, 15) is 0 Å². The van der Waals surface area contributed by atoms with Gasteiger partial charge in [-0.05, 0) is 44.4 Å². The second-order valence-corrected chi connectivity index (χ2v) is 6.47. The Morgan fingerprint density at radius 3 is 2.94 bits per heavy atom. The van der Waals surface area contributed by atoms with Crippen LogP contribution in [-0.4, -0.2) is 17.8 Å². The van der Waals surface area contributed by atoms with Gasteiger partial charge in [0.25, 0.3) is 0 Å². The molecule has 2 unspecified atom stereocenters. The summed E-state index contributed by atoms with van der Waals surface area (Å²) in [5, 5.41) is 4.35. The molecule has 2 atom stereocenters. The highest BCUT2D eigenvalue weighted by atomic mass is 32.2. The fraction of sp³-hybridized carbons (Fsp3) is 0.500. The smallest absolute Gasteiger partial charge is 0.0292 e. The van der Waals surface area contributed by atoms with Gasteiger partial charge in [-0.3, -0.25) is 0 Å². The van der Waals surface area contributed by atoms with Crippen LogP contribution in [0.15, 0.2) is 41.3 Å². The number of fused-ring (bicyclic) bond motifs is 1. The second kappa shape index (κ2) is 6.44. The summed E-state index contributed by atoms with van der Waals surface area (Å²) in [4.78, 5) is 1.47. The molecule has 0 saturated carbocycles. The van der Waals surface area contributed by atoms with E-state index in [0.29, 0.717) is 11.3 Å². The van der Waals surface area contributed by atoms with E-state index in [-0.39, 0.29) is 0 Å². The number of thioether (sulfide) groups is 1. The third kappa shape index (κ3) is 3.39. The maximum absolute atomic E-state index is 4.07. The Bertz CT molecular complexity index is 388. The first-order valence-electron chi connectivity index (χ1n) is 6.83. The molecule has 2 heteroatoms. The summed E-state index contributed by atoms with van der Waals surface area (Å²) < 4.78 is 0. The summed E-state index contributed by atoms with van der Waals surface area (Å²) in [6.45, 7) is 9.53. The molecule has 0 fully saturated rings. The van der Waals surface area contributed by atoms with Crippen LogP contribution in [0.25, 0.3) is 0 Å². The fourth-order valence-corrected chi connectivity index (χ4v) is 3.88. The Labute approximate surface area is 115 Å². The maximum atomic E-state index is 4.07. The van der Waals surface area contributed by atoms with Crippen molar-refractivity contribution in [1.29, 1.82) is 0 Å². The predicted octanol–water partition coefficient (Wildman–Crippen LogP) is 4.04. The van der Waals surface area contributed by atoms with Crippen LogP contribution in [0.1, 0.15) is 32.3 Å². The Kier molecular flexibility index (Phi) is 4.90. The van der Waals surface area contributed by atoms with E-state index in [1.54, 1.807) is 0 Å². The molecule has 98 valence electrons. The highest BCUT2D eigenvalue weighted by Crippen LogP contribution is 2.39. The first-order valence-corrected chi connectivity index (χ1v) is 7.71. The lowest BCUT2D eigenvalue weighted by atomic mass is 10.00. The lowest BCUT2D eigenvalue weighted by molar-refractivity contribution is 0.490. The van der Waals surface area contributed by atoms with Crippen molar-refractivity contribution in [3.05, 3.63) is 42.0 Å². The Morgan fingerprint density at radius 2 is 2.28 bits per heavy atom. The van der Waals surface area contributed by atoms with Crippen molar-refractivity contribution in [1.82, 2.24) is 5.32 Å². The van der Waals surface area contributed by atoms with Gasteiger partial charge in [-0.1, -0.05) is 30.7 Å². The summed E-state index contributed by atoms with van der Waals surface area (Å²) in [5.41, 5.74) is 2.79. The topological polar surface area (TPSA) is 12.0 Å². The zero-order chi connectivity index (χ0) is 13.0. The zero-order valence-electron chi connectivity index (χ0n) is 11.4. The fourth-order valence-electron chi connectivity index (χ4n) is 2.47. The molecule has 1 aromatic rings. The molecule has 2 rings (SSSR count). The molecule has 0 amide bonds. The van der Waals surface area contributed by atoms with Gasteiger partial charge >= 0.3 is 0 Å². The molecular weight excluding hydrogens is 238 g/mol. The van der Waals surface area contributed by atoms with E-state index in [4.69, 9.17) is 0 Å². The number of rotatable bonds is 6. The predicted molar refractivity (Wildman–Crippen MR) is 81.3 cm³/mol. The van der Waals surface area contributed by atoms with Gasteiger partial charge < -0.3 is 5.32 Å². The molecule has 1 aromatic carbocycles. The minimum Gasteiger partial charge on any atom is -0.313 e. The van der Waals surface area contributed by atoms with Crippen LogP contribution in [0.2, 0.25) is 0 Å². The minimum absolute atomic E-state index is 0.555. The van der Waals surface area contributed by atoms with Crippen LogP contribution in [0.4, 0.5) is 0 Å². The van der Waals surface area contributed by atoms with Gasteiger partial charge in [0, 0.05) is 16.2 Å². The van der Waals surface area contributed by atoms with E-state index in [0.717, 1.165) is 13.0 Å². The van der Waals surface area contributed by atoms with Crippen molar-refractivity contribution in [2.24, 2.45) is 0 Å². The third-order valence-electron chi connectivity index (χ3n) is 3.35. The SMILES string of the molecule is C=C(C)CC(NCCC)C1Cc2ccccc2S1. The molecule has 1 aliphatic heterocycles. The average molecular weight is 261 g/mol. The van der Waals surface area contributed by atoms with E-state index < -0.39 is 0 Å². The Balaban J connectivity index is 2.02. The normalized spacial score (nSPS) is 19.6. The number of benzene rings is 1. The molecule has 0 radical (unpaired) electrons. The highest BCUT2D eigenvalue weighted by Gasteiger charge is 2.28. The quantitative estimate of drug-likeness (QED) is 0.776. The first-order chi connectivity index (χ1) is 8.70. The number of hydrogen-bond acceptors (Lipinski definition) is 2. The monoisotopic (exact) mass is 261 g/mol. The molecule has 0 aliphatic carbocycles. The van der Waals surface area contributed by atoms with Crippen molar-refractivity contribution >= 4 is 11.8 Å². The lowest BCUT2D eigenvalue weighted by Crippen LogP contribution is -2.38. The lowest BCUT2D eigenvalue weighted by Gasteiger charge is -2.24. The van der Waals surface area contributed by atoms with E-state index in [1.165, 1.54) is 28.9 Å². The highest BCUT2D eigenvalue weighted by molar-refractivity contribution is 8.00. The van der Waals surface area contributed by atoms with Crippen LogP contribution in [0.5, 0.6) is 0 Å². The maximum Gasteiger partial charge on any atom is 0.0292 e. The summed E-state index contributed by atoms with van der Waals surface area (Å²) in [6, 6.07) is 9.36. The Hall–Kier alpha value is -0.730. The van der Waals surface area contributed by atoms with Crippen LogP contribution >= 0.6 is 11.8 Å². The molecular formula is C16H23NS. The van der Waals surface area contributed by atoms with Gasteiger partial charge in [0.15, 0.2) is 0 Å². The summed E-state index contributed by atoms with van der Waals surface area (Å²) in [5.74, 6) is 0. The summed E-state index contributed by atoms with van der Waals surface area (Å²) in [6.07, 6.45) is 3.47. The van der Waals surface area contributed by atoms with Crippen molar-refractivity contribution < 1.29 is 0 Å². The molecule has 1 nitrogen and oxygen atoms in total. The number of nitrogens with one attached hydrogen (secondary N) is 1.